The highest BCUT2D eigenvalue weighted by Crippen LogP contribution is 2.19. The van der Waals surface area contributed by atoms with Crippen LogP contribution in [0.2, 0.25) is 0 Å². The van der Waals surface area contributed by atoms with Crippen LogP contribution < -0.4 is 15.4 Å². The van der Waals surface area contributed by atoms with Crippen LogP contribution in [0.15, 0.2) is 35.6 Å². The number of halogens is 2. The van der Waals surface area contributed by atoms with Crippen LogP contribution in [0.25, 0.3) is 0 Å². The summed E-state index contributed by atoms with van der Waals surface area (Å²) in [6.07, 6.45) is 3.35. The number of aliphatic imine (C=N–C) groups is 1. The summed E-state index contributed by atoms with van der Waals surface area (Å²) < 4.78 is 31.8. The lowest BCUT2D eigenvalue weighted by molar-refractivity contribution is 0.0668. The van der Waals surface area contributed by atoms with Crippen LogP contribution in [0, 0.1) is 6.92 Å². The van der Waals surface area contributed by atoms with E-state index in [1.165, 1.54) is 12.4 Å². The van der Waals surface area contributed by atoms with E-state index in [9.17, 15) is 8.78 Å². The first-order valence-electron chi connectivity index (χ1n) is 7.93. The van der Waals surface area contributed by atoms with E-state index in [1.807, 2.05) is 19.1 Å². The van der Waals surface area contributed by atoms with Gasteiger partial charge in [0.1, 0.15) is 11.6 Å². The van der Waals surface area contributed by atoms with Crippen LogP contribution in [0.3, 0.4) is 0 Å². The molecule has 0 bridgehead atoms. The van der Waals surface area contributed by atoms with Crippen LogP contribution in [-0.4, -0.2) is 36.2 Å². The lowest BCUT2D eigenvalue weighted by Gasteiger charge is -2.14. The number of alkyl halides is 2. The Hall–Kier alpha value is -2.64. The van der Waals surface area contributed by atoms with Gasteiger partial charge in [-0.1, -0.05) is 17.7 Å². The average Bonchev–Trinajstić information content (AvgIpc) is 3.07. The van der Waals surface area contributed by atoms with Gasteiger partial charge in [0, 0.05) is 26.0 Å². The van der Waals surface area contributed by atoms with E-state index in [1.54, 1.807) is 14.2 Å². The van der Waals surface area contributed by atoms with Gasteiger partial charge >= 0.3 is 6.55 Å². The summed E-state index contributed by atoms with van der Waals surface area (Å²) >= 11 is 0. The first-order chi connectivity index (χ1) is 12.0. The zero-order chi connectivity index (χ0) is 18.2. The van der Waals surface area contributed by atoms with Crippen molar-refractivity contribution in [3.8, 4) is 5.75 Å². The maximum atomic E-state index is 12.8. The molecule has 0 unspecified atom stereocenters. The number of imidazole rings is 1. The predicted molar refractivity (Wildman–Crippen MR) is 93.1 cm³/mol. The van der Waals surface area contributed by atoms with Gasteiger partial charge < -0.3 is 15.4 Å². The van der Waals surface area contributed by atoms with Crippen molar-refractivity contribution < 1.29 is 13.5 Å². The first-order valence-corrected chi connectivity index (χ1v) is 7.93. The van der Waals surface area contributed by atoms with Crippen molar-refractivity contribution >= 4 is 5.96 Å². The molecule has 0 radical (unpaired) electrons. The van der Waals surface area contributed by atoms with Crippen LogP contribution in [0.5, 0.6) is 5.75 Å². The van der Waals surface area contributed by atoms with Crippen molar-refractivity contribution in [2.24, 2.45) is 4.99 Å². The van der Waals surface area contributed by atoms with E-state index in [2.05, 4.69) is 26.7 Å². The lowest BCUT2D eigenvalue weighted by atomic mass is 10.1. The standard InChI is InChI=1S/C17H23F2N5O/c1-12-4-5-14(25-3)13(10-12)6-7-22-17(20-2)23-11-15-21-8-9-24(15)16(18)19/h4-5,8-10,16H,6-7,11H2,1-3H3,(H2,20,22,23). The maximum absolute atomic E-state index is 12.8. The van der Waals surface area contributed by atoms with E-state index in [0.29, 0.717) is 12.5 Å². The number of benzene rings is 1. The minimum atomic E-state index is -2.61. The summed E-state index contributed by atoms with van der Waals surface area (Å²) in [5.74, 6) is 1.61. The lowest BCUT2D eigenvalue weighted by Crippen LogP contribution is -2.38. The smallest absolute Gasteiger partial charge is 0.319 e. The van der Waals surface area contributed by atoms with Gasteiger partial charge in [-0.2, -0.15) is 8.78 Å². The highest BCUT2D eigenvalue weighted by molar-refractivity contribution is 5.79. The molecule has 2 aromatic rings. The number of aromatic nitrogens is 2. The Labute approximate surface area is 145 Å². The van der Waals surface area contributed by atoms with E-state index in [4.69, 9.17) is 4.74 Å². The molecule has 136 valence electrons. The largest absolute Gasteiger partial charge is 0.496 e. The van der Waals surface area contributed by atoms with Crippen molar-refractivity contribution in [2.75, 3.05) is 20.7 Å². The topological polar surface area (TPSA) is 63.5 Å². The van der Waals surface area contributed by atoms with E-state index in [-0.39, 0.29) is 12.4 Å². The fourth-order valence-corrected chi connectivity index (χ4v) is 2.46. The zero-order valence-corrected chi connectivity index (χ0v) is 14.6. The zero-order valence-electron chi connectivity index (χ0n) is 14.6. The van der Waals surface area contributed by atoms with E-state index < -0.39 is 6.55 Å². The van der Waals surface area contributed by atoms with Crippen LogP contribution in [0.4, 0.5) is 8.78 Å². The molecule has 0 fully saturated rings. The molecule has 0 saturated heterocycles. The third-order valence-electron chi connectivity index (χ3n) is 3.72. The summed E-state index contributed by atoms with van der Waals surface area (Å²) in [6.45, 7) is 0.207. The second kappa shape index (κ2) is 9.00. The molecule has 25 heavy (non-hydrogen) atoms. The number of guanidine groups is 1. The fourth-order valence-electron chi connectivity index (χ4n) is 2.46. The summed E-state index contributed by atoms with van der Waals surface area (Å²) in [5.41, 5.74) is 2.26. The van der Waals surface area contributed by atoms with Gasteiger partial charge in [0.05, 0.1) is 13.7 Å². The minimum Gasteiger partial charge on any atom is -0.496 e. The second-order valence-electron chi connectivity index (χ2n) is 5.45. The van der Waals surface area contributed by atoms with Gasteiger partial charge in [-0.05, 0) is 25.0 Å². The Balaban J connectivity index is 1.87. The van der Waals surface area contributed by atoms with E-state index in [0.717, 1.165) is 27.9 Å². The van der Waals surface area contributed by atoms with Crippen molar-refractivity contribution in [1.29, 1.82) is 0 Å². The SMILES string of the molecule is CN=C(NCCc1cc(C)ccc1OC)NCc1nccn1C(F)F. The molecule has 2 N–H and O–H groups in total. The van der Waals surface area contributed by atoms with Crippen LogP contribution in [-0.2, 0) is 13.0 Å². The van der Waals surface area contributed by atoms with Gasteiger partial charge in [-0.3, -0.25) is 9.56 Å². The third kappa shape index (κ3) is 5.17. The van der Waals surface area contributed by atoms with Crippen LogP contribution in [0.1, 0.15) is 23.5 Å². The number of rotatable bonds is 7. The van der Waals surface area contributed by atoms with Crippen molar-refractivity contribution in [3.05, 3.63) is 47.5 Å². The molecule has 0 aliphatic rings. The molecule has 8 heteroatoms. The van der Waals surface area contributed by atoms with E-state index >= 15 is 0 Å². The molecule has 0 amide bonds. The molecular formula is C17H23F2N5O. The number of ether oxygens (including phenoxy) is 1. The minimum absolute atomic E-state index is 0.158. The van der Waals surface area contributed by atoms with Crippen molar-refractivity contribution in [3.63, 3.8) is 0 Å². The van der Waals surface area contributed by atoms with Crippen molar-refractivity contribution in [1.82, 2.24) is 20.2 Å². The van der Waals surface area contributed by atoms with Gasteiger partial charge in [0.25, 0.3) is 0 Å². The van der Waals surface area contributed by atoms with Crippen molar-refractivity contribution in [2.45, 2.75) is 26.4 Å². The quantitative estimate of drug-likeness (QED) is 0.594. The normalized spacial score (nSPS) is 11.7. The number of nitrogens with one attached hydrogen (secondary N) is 2. The Kier molecular flexibility index (Phi) is 6.73. The summed E-state index contributed by atoms with van der Waals surface area (Å²) in [7, 11) is 3.27. The van der Waals surface area contributed by atoms with Crippen LogP contribution >= 0.6 is 0 Å². The average molecular weight is 351 g/mol. The number of hydrogen-bond donors (Lipinski definition) is 2. The Morgan fingerprint density at radius 1 is 1.36 bits per heavy atom. The number of hydrogen-bond acceptors (Lipinski definition) is 3. The Bertz CT molecular complexity index is 715. The summed E-state index contributed by atoms with van der Waals surface area (Å²) in [6, 6.07) is 6.03. The van der Waals surface area contributed by atoms with Gasteiger partial charge in [-0.25, -0.2) is 4.98 Å². The van der Waals surface area contributed by atoms with Gasteiger partial charge in [0.2, 0.25) is 0 Å². The Morgan fingerprint density at radius 2 is 2.16 bits per heavy atom. The van der Waals surface area contributed by atoms with Gasteiger partial charge in [-0.15, -0.1) is 0 Å². The monoisotopic (exact) mass is 351 g/mol. The molecule has 0 spiro atoms. The number of aryl methyl sites for hydroxylation is 1. The molecular weight excluding hydrogens is 328 g/mol. The molecule has 6 nitrogen and oxygen atoms in total. The number of nitrogens with zero attached hydrogens (tertiary/aromatic N) is 3. The van der Waals surface area contributed by atoms with Gasteiger partial charge in [0.15, 0.2) is 5.96 Å². The summed E-state index contributed by atoms with van der Waals surface area (Å²) in [4.78, 5) is 8.02. The number of methoxy groups -OCH3 is 1. The highest BCUT2D eigenvalue weighted by Gasteiger charge is 2.11. The molecule has 1 heterocycles. The predicted octanol–water partition coefficient (Wildman–Crippen LogP) is 2.50. The molecule has 2 rings (SSSR count). The Morgan fingerprint density at radius 3 is 2.84 bits per heavy atom. The maximum Gasteiger partial charge on any atom is 0.319 e. The molecule has 1 aromatic heterocycles. The highest BCUT2D eigenvalue weighted by atomic mass is 19.3. The summed E-state index contributed by atoms with van der Waals surface area (Å²) in [5, 5.41) is 6.14. The second-order valence-corrected chi connectivity index (χ2v) is 5.45. The fraction of sp³-hybridized carbons (Fsp3) is 0.412. The molecule has 0 atom stereocenters. The molecule has 0 aliphatic heterocycles. The molecule has 0 saturated carbocycles. The third-order valence-corrected chi connectivity index (χ3v) is 3.72. The first kappa shape index (κ1) is 18.7. The molecule has 1 aromatic carbocycles. The molecule has 0 aliphatic carbocycles.